The first-order chi connectivity index (χ1) is 11.0. The van der Waals surface area contributed by atoms with Gasteiger partial charge in [-0.15, -0.1) is 11.3 Å². The quantitative estimate of drug-likeness (QED) is 0.805. The van der Waals surface area contributed by atoms with E-state index in [1.54, 1.807) is 12.1 Å². The van der Waals surface area contributed by atoms with Gasteiger partial charge < -0.3 is 19.9 Å². The second kappa shape index (κ2) is 7.49. The van der Waals surface area contributed by atoms with Crippen molar-refractivity contribution in [3.8, 4) is 0 Å². The van der Waals surface area contributed by atoms with Crippen molar-refractivity contribution >= 4 is 33.3 Å². The van der Waals surface area contributed by atoms with Gasteiger partial charge in [-0.2, -0.15) is 0 Å². The predicted octanol–water partition coefficient (Wildman–Crippen LogP) is 2.02. The molecule has 1 aromatic heterocycles. The molecule has 0 saturated carbocycles. The van der Waals surface area contributed by atoms with Crippen molar-refractivity contribution < 1.29 is 28.6 Å². The van der Waals surface area contributed by atoms with Gasteiger partial charge in [0.15, 0.2) is 6.04 Å². The maximum Gasteiger partial charge on any atom is 0.328 e. The van der Waals surface area contributed by atoms with Crippen LogP contribution < -0.4 is 5.32 Å². The number of fused-ring (bicyclic) bond motifs is 1. The summed E-state index contributed by atoms with van der Waals surface area (Å²) in [6.07, 6.45) is 0. The van der Waals surface area contributed by atoms with Gasteiger partial charge in [0.25, 0.3) is 5.91 Å². The third-order valence-electron chi connectivity index (χ3n) is 3.19. The molecule has 0 bridgehead atoms. The fourth-order valence-electron chi connectivity index (χ4n) is 2.20. The first kappa shape index (κ1) is 17.3. The Kier molecular flexibility index (Phi) is 5.64. The lowest BCUT2D eigenvalue weighted by Crippen LogP contribution is -2.43. The molecule has 2 aromatic rings. The van der Waals surface area contributed by atoms with Crippen LogP contribution in [0.1, 0.15) is 15.2 Å². The molecular weight excluding hydrogens is 325 g/mol. The van der Waals surface area contributed by atoms with Crippen LogP contribution in [0.15, 0.2) is 18.2 Å². The number of hydrogen-bond donors (Lipinski definition) is 2. The molecule has 23 heavy (non-hydrogen) atoms. The molecule has 6 nitrogen and oxygen atoms in total. The fourth-order valence-corrected chi connectivity index (χ4v) is 3.32. The zero-order valence-corrected chi connectivity index (χ0v) is 13.4. The molecule has 8 heteroatoms. The number of aliphatic carboxylic acids is 1. The van der Waals surface area contributed by atoms with Crippen molar-refractivity contribution in [2.45, 2.75) is 12.6 Å². The number of ether oxygens (including phenoxy) is 2. The van der Waals surface area contributed by atoms with Gasteiger partial charge in [0.05, 0.1) is 18.1 Å². The van der Waals surface area contributed by atoms with Crippen LogP contribution in [0.2, 0.25) is 0 Å². The molecule has 0 radical (unpaired) electrons. The lowest BCUT2D eigenvalue weighted by Gasteiger charge is -2.13. The molecule has 2 rings (SSSR count). The van der Waals surface area contributed by atoms with E-state index in [9.17, 15) is 14.0 Å². The van der Waals surface area contributed by atoms with Gasteiger partial charge in [-0.05, 0) is 12.1 Å². The first-order valence-corrected chi connectivity index (χ1v) is 7.52. The van der Waals surface area contributed by atoms with Gasteiger partial charge in [-0.3, -0.25) is 4.79 Å². The molecule has 1 atom stereocenters. The summed E-state index contributed by atoms with van der Waals surface area (Å²) in [4.78, 5) is 23.8. The molecular formula is C15H16FNO5S. The molecule has 2 N–H and O–H groups in total. The van der Waals surface area contributed by atoms with Crippen molar-refractivity contribution in [2.75, 3.05) is 20.8 Å². The second-order valence-electron chi connectivity index (χ2n) is 4.78. The average molecular weight is 341 g/mol. The number of carbonyl (C=O) groups is 2. The molecule has 1 unspecified atom stereocenters. The number of carbonyl (C=O) groups excluding carboxylic acids is 1. The summed E-state index contributed by atoms with van der Waals surface area (Å²) in [5.74, 6) is -2.25. The summed E-state index contributed by atoms with van der Waals surface area (Å²) < 4.78 is 24.5. The zero-order chi connectivity index (χ0) is 17.0. The molecule has 0 fully saturated rings. The topological polar surface area (TPSA) is 84.9 Å². The highest BCUT2D eigenvalue weighted by atomic mass is 32.1. The van der Waals surface area contributed by atoms with E-state index >= 15 is 0 Å². The Morgan fingerprint density at radius 2 is 2.09 bits per heavy atom. The number of methoxy groups -OCH3 is 2. The summed E-state index contributed by atoms with van der Waals surface area (Å²) in [6.45, 7) is -0.119. The van der Waals surface area contributed by atoms with E-state index in [2.05, 4.69) is 5.32 Å². The monoisotopic (exact) mass is 341 g/mol. The van der Waals surface area contributed by atoms with E-state index in [1.165, 1.54) is 20.3 Å². The number of hydrogen-bond acceptors (Lipinski definition) is 5. The number of carboxylic acid groups (broad SMARTS) is 1. The van der Waals surface area contributed by atoms with Crippen LogP contribution in [-0.4, -0.2) is 43.9 Å². The van der Waals surface area contributed by atoms with Crippen molar-refractivity contribution in [3.63, 3.8) is 0 Å². The van der Waals surface area contributed by atoms with E-state index in [0.717, 1.165) is 11.3 Å². The van der Waals surface area contributed by atoms with Gasteiger partial charge in [0.2, 0.25) is 0 Å². The number of amides is 1. The molecule has 1 aromatic carbocycles. The molecule has 1 heterocycles. The number of rotatable bonds is 7. The van der Waals surface area contributed by atoms with E-state index in [0.29, 0.717) is 15.6 Å². The SMILES string of the molecule is COCc1c(C(=O)NC(COC)C(=O)O)sc2cccc(F)c12. The van der Waals surface area contributed by atoms with Gasteiger partial charge in [0, 0.05) is 29.9 Å². The average Bonchev–Trinajstić information content (AvgIpc) is 2.87. The standard InChI is InChI=1S/C15H16FNO5S/c1-21-6-8-12-9(16)4-3-5-11(12)23-13(8)14(18)17-10(7-22-2)15(19)20/h3-5,10H,6-7H2,1-2H3,(H,17,18)(H,19,20). The fraction of sp³-hybridized carbons (Fsp3) is 0.333. The van der Waals surface area contributed by atoms with Gasteiger partial charge in [0.1, 0.15) is 5.82 Å². The Balaban J connectivity index is 2.41. The van der Waals surface area contributed by atoms with Gasteiger partial charge >= 0.3 is 5.97 Å². The molecule has 124 valence electrons. The highest BCUT2D eigenvalue weighted by Gasteiger charge is 2.25. The third-order valence-corrected chi connectivity index (χ3v) is 4.39. The largest absolute Gasteiger partial charge is 0.480 e. The molecule has 0 aliphatic rings. The van der Waals surface area contributed by atoms with Crippen LogP contribution in [0.5, 0.6) is 0 Å². The van der Waals surface area contributed by atoms with Crippen LogP contribution in [0.4, 0.5) is 4.39 Å². The van der Waals surface area contributed by atoms with Crippen molar-refractivity contribution in [3.05, 3.63) is 34.5 Å². The van der Waals surface area contributed by atoms with E-state index in [-0.39, 0.29) is 18.1 Å². The molecule has 1 amide bonds. The van der Waals surface area contributed by atoms with Crippen molar-refractivity contribution in [1.29, 1.82) is 0 Å². The number of nitrogens with one attached hydrogen (secondary N) is 1. The van der Waals surface area contributed by atoms with Gasteiger partial charge in [-0.1, -0.05) is 6.07 Å². The highest BCUT2D eigenvalue weighted by molar-refractivity contribution is 7.21. The maximum absolute atomic E-state index is 14.1. The Hall–Kier alpha value is -2.03. The van der Waals surface area contributed by atoms with E-state index < -0.39 is 23.7 Å². The highest BCUT2D eigenvalue weighted by Crippen LogP contribution is 2.33. The van der Waals surface area contributed by atoms with Crippen LogP contribution in [0.3, 0.4) is 0 Å². The summed E-state index contributed by atoms with van der Waals surface area (Å²) in [7, 11) is 2.78. The van der Waals surface area contributed by atoms with Crippen LogP contribution in [0, 0.1) is 5.82 Å². The normalized spacial score (nSPS) is 12.3. The summed E-state index contributed by atoms with van der Waals surface area (Å²) in [5.41, 5.74) is 0.407. The Morgan fingerprint density at radius 1 is 1.35 bits per heavy atom. The minimum absolute atomic E-state index is 0.0473. The lowest BCUT2D eigenvalue weighted by molar-refractivity contribution is -0.140. The number of halogens is 1. The summed E-state index contributed by atoms with van der Waals surface area (Å²) in [6, 6.07) is 3.37. The smallest absolute Gasteiger partial charge is 0.328 e. The van der Waals surface area contributed by atoms with Crippen LogP contribution in [0.25, 0.3) is 10.1 Å². The second-order valence-corrected chi connectivity index (χ2v) is 5.83. The maximum atomic E-state index is 14.1. The number of benzene rings is 1. The molecule has 0 saturated heterocycles. The third kappa shape index (κ3) is 3.66. The van der Waals surface area contributed by atoms with E-state index in [4.69, 9.17) is 14.6 Å². The van der Waals surface area contributed by atoms with E-state index in [1.807, 2.05) is 0 Å². The van der Waals surface area contributed by atoms with Crippen LogP contribution >= 0.6 is 11.3 Å². The van der Waals surface area contributed by atoms with Crippen LogP contribution in [-0.2, 0) is 20.9 Å². The minimum Gasteiger partial charge on any atom is -0.480 e. The number of carboxylic acids is 1. The van der Waals surface area contributed by atoms with Gasteiger partial charge in [-0.25, -0.2) is 9.18 Å². The predicted molar refractivity (Wildman–Crippen MR) is 83.3 cm³/mol. The molecule has 0 aliphatic heterocycles. The Bertz CT molecular complexity index is 730. The summed E-state index contributed by atoms with van der Waals surface area (Å²) in [5, 5.41) is 11.8. The lowest BCUT2D eigenvalue weighted by atomic mass is 10.1. The summed E-state index contributed by atoms with van der Waals surface area (Å²) >= 11 is 1.09. The zero-order valence-electron chi connectivity index (χ0n) is 12.6. The molecule has 0 aliphatic carbocycles. The number of thiophene rings is 1. The Morgan fingerprint density at radius 3 is 2.70 bits per heavy atom. The van der Waals surface area contributed by atoms with Crippen molar-refractivity contribution in [2.24, 2.45) is 0 Å². The molecule has 0 spiro atoms. The Labute approximate surface area is 135 Å². The minimum atomic E-state index is -1.21. The first-order valence-electron chi connectivity index (χ1n) is 6.71. The van der Waals surface area contributed by atoms with Crippen molar-refractivity contribution in [1.82, 2.24) is 5.32 Å².